The van der Waals surface area contributed by atoms with Crippen LogP contribution in [0.15, 0.2) is 30.3 Å². The Hall–Kier alpha value is -1.10. The predicted molar refractivity (Wildman–Crippen MR) is 74.4 cm³/mol. The van der Waals surface area contributed by atoms with E-state index in [2.05, 4.69) is 5.32 Å². The second-order valence-electron chi connectivity index (χ2n) is 5.03. The quantitative estimate of drug-likeness (QED) is 0.735. The Morgan fingerprint density at radius 1 is 1.21 bits per heavy atom. The van der Waals surface area contributed by atoms with Crippen LogP contribution in [-0.4, -0.2) is 43.6 Å². The van der Waals surface area contributed by atoms with E-state index in [9.17, 15) is 5.11 Å². The molecule has 2 N–H and O–H groups in total. The van der Waals surface area contributed by atoms with E-state index in [1.807, 2.05) is 30.3 Å². The van der Waals surface area contributed by atoms with Crippen molar-refractivity contribution in [3.63, 3.8) is 0 Å². The van der Waals surface area contributed by atoms with Gasteiger partial charge in [-0.2, -0.15) is 0 Å². The zero-order valence-electron chi connectivity index (χ0n) is 11.3. The Labute approximate surface area is 114 Å². The number of aliphatic hydroxyl groups is 1. The largest absolute Gasteiger partial charge is 0.494 e. The summed E-state index contributed by atoms with van der Waals surface area (Å²) in [4.78, 5) is 0. The molecule has 0 spiro atoms. The summed E-state index contributed by atoms with van der Waals surface area (Å²) in [5, 5.41) is 13.5. The summed E-state index contributed by atoms with van der Waals surface area (Å²) in [6, 6.07) is 9.82. The van der Waals surface area contributed by atoms with Crippen LogP contribution in [0.4, 0.5) is 0 Å². The zero-order chi connectivity index (χ0) is 13.4. The maximum absolute atomic E-state index is 10.2. The molecule has 0 bridgehead atoms. The number of nitrogens with one attached hydrogen (secondary N) is 1. The molecule has 2 rings (SSSR count). The van der Waals surface area contributed by atoms with E-state index in [1.54, 1.807) is 0 Å². The van der Waals surface area contributed by atoms with Crippen LogP contribution < -0.4 is 10.1 Å². The molecule has 1 heterocycles. The number of hydrogen-bond acceptors (Lipinski definition) is 4. The molecule has 1 aliphatic heterocycles. The fourth-order valence-electron chi connectivity index (χ4n) is 2.15. The van der Waals surface area contributed by atoms with Gasteiger partial charge in [-0.25, -0.2) is 0 Å². The maximum Gasteiger partial charge on any atom is 0.119 e. The van der Waals surface area contributed by atoms with Gasteiger partial charge in [0.15, 0.2) is 0 Å². The first kappa shape index (κ1) is 14.3. The number of para-hydroxylation sites is 1. The highest BCUT2D eigenvalue weighted by Gasteiger charge is 2.28. The van der Waals surface area contributed by atoms with Crippen LogP contribution in [0.2, 0.25) is 0 Å². The molecule has 19 heavy (non-hydrogen) atoms. The first-order valence-corrected chi connectivity index (χ1v) is 6.97. The summed E-state index contributed by atoms with van der Waals surface area (Å²) >= 11 is 0. The number of hydrogen-bond donors (Lipinski definition) is 2. The van der Waals surface area contributed by atoms with Crippen LogP contribution in [0.25, 0.3) is 0 Å². The minimum absolute atomic E-state index is 0.585. The molecule has 1 fully saturated rings. The highest BCUT2D eigenvalue weighted by Crippen LogP contribution is 2.19. The molecule has 0 saturated carbocycles. The molecule has 1 saturated heterocycles. The van der Waals surface area contributed by atoms with Crippen molar-refractivity contribution in [3.8, 4) is 5.75 Å². The third-order valence-electron chi connectivity index (χ3n) is 3.39. The van der Waals surface area contributed by atoms with Crippen molar-refractivity contribution in [2.24, 2.45) is 0 Å². The second-order valence-corrected chi connectivity index (χ2v) is 5.03. The predicted octanol–water partition coefficient (Wildman–Crippen LogP) is 1.59. The Morgan fingerprint density at radius 2 is 1.95 bits per heavy atom. The van der Waals surface area contributed by atoms with Gasteiger partial charge >= 0.3 is 0 Å². The molecule has 0 unspecified atom stereocenters. The minimum Gasteiger partial charge on any atom is -0.494 e. The first-order valence-electron chi connectivity index (χ1n) is 6.97. The molecule has 1 aromatic carbocycles. The molecular weight excluding hydrogens is 242 g/mol. The van der Waals surface area contributed by atoms with Crippen molar-refractivity contribution in [1.29, 1.82) is 0 Å². The molecular formula is C15H23NO3. The molecule has 0 aliphatic carbocycles. The lowest BCUT2D eigenvalue weighted by atomic mass is 9.94. The topological polar surface area (TPSA) is 50.7 Å². The van der Waals surface area contributed by atoms with E-state index in [4.69, 9.17) is 9.47 Å². The van der Waals surface area contributed by atoms with Gasteiger partial charge in [-0.05, 0) is 25.1 Å². The van der Waals surface area contributed by atoms with E-state index in [-0.39, 0.29) is 0 Å². The van der Waals surface area contributed by atoms with Gasteiger partial charge in [0, 0.05) is 32.6 Å². The second kappa shape index (κ2) is 7.48. The van der Waals surface area contributed by atoms with Crippen molar-refractivity contribution in [2.45, 2.75) is 24.9 Å². The minimum atomic E-state index is -0.585. The fraction of sp³-hybridized carbons (Fsp3) is 0.600. The van der Waals surface area contributed by atoms with Crippen molar-refractivity contribution < 1.29 is 14.6 Å². The van der Waals surface area contributed by atoms with E-state index in [1.165, 1.54) is 0 Å². The molecule has 1 aromatic rings. The Bertz CT molecular complexity index is 350. The van der Waals surface area contributed by atoms with E-state index in [0.29, 0.717) is 26.4 Å². The van der Waals surface area contributed by atoms with Crippen molar-refractivity contribution in [2.75, 3.05) is 32.9 Å². The number of rotatable bonds is 7. The van der Waals surface area contributed by atoms with E-state index >= 15 is 0 Å². The molecule has 1 aliphatic rings. The average molecular weight is 265 g/mol. The molecule has 0 radical (unpaired) electrons. The van der Waals surface area contributed by atoms with Gasteiger partial charge in [0.05, 0.1) is 12.2 Å². The first-order chi connectivity index (χ1) is 9.29. The van der Waals surface area contributed by atoms with Crippen LogP contribution in [-0.2, 0) is 4.74 Å². The summed E-state index contributed by atoms with van der Waals surface area (Å²) in [6.45, 7) is 3.51. The van der Waals surface area contributed by atoms with Gasteiger partial charge in [-0.3, -0.25) is 0 Å². The van der Waals surface area contributed by atoms with Gasteiger partial charge in [0.25, 0.3) is 0 Å². The third kappa shape index (κ3) is 5.19. The van der Waals surface area contributed by atoms with Crippen molar-refractivity contribution in [3.05, 3.63) is 30.3 Å². The summed E-state index contributed by atoms with van der Waals surface area (Å²) < 4.78 is 10.9. The fourth-order valence-corrected chi connectivity index (χ4v) is 2.15. The smallest absolute Gasteiger partial charge is 0.119 e. The van der Waals surface area contributed by atoms with Crippen LogP contribution in [0, 0.1) is 0 Å². The van der Waals surface area contributed by atoms with Gasteiger partial charge in [-0.15, -0.1) is 0 Å². The highest BCUT2D eigenvalue weighted by molar-refractivity contribution is 5.20. The lowest BCUT2D eigenvalue weighted by molar-refractivity contribution is -0.0615. The molecule has 0 atom stereocenters. The molecule has 0 aromatic heterocycles. The normalized spacial score (nSPS) is 18.2. The zero-order valence-corrected chi connectivity index (χ0v) is 11.3. The Kier molecular flexibility index (Phi) is 5.63. The van der Waals surface area contributed by atoms with E-state index in [0.717, 1.165) is 31.6 Å². The Morgan fingerprint density at radius 3 is 2.68 bits per heavy atom. The summed E-state index contributed by atoms with van der Waals surface area (Å²) in [7, 11) is 0. The van der Waals surface area contributed by atoms with Crippen LogP contribution in [0.3, 0.4) is 0 Å². The number of ether oxygens (including phenoxy) is 2. The monoisotopic (exact) mass is 265 g/mol. The van der Waals surface area contributed by atoms with Crippen molar-refractivity contribution in [1.82, 2.24) is 5.32 Å². The highest BCUT2D eigenvalue weighted by atomic mass is 16.5. The van der Waals surface area contributed by atoms with Crippen LogP contribution >= 0.6 is 0 Å². The lowest BCUT2D eigenvalue weighted by Gasteiger charge is -2.32. The molecule has 106 valence electrons. The van der Waals surface area contributed by atoms with Gasteiger partial charge in [0.2, 0.25) is 0 Å². The van der Waals surface area contributed by atoms with E-state index < -0.39 is 5.60 Å². The Balaban J connectivity index is 1.52. The van der Waals surface area contributed by atoms with Gasteiger partial charge in [0.1, 0.15) is 5.75 Å². The molecule has 0 amide bonds. The van der Waals surface area contributed by atoms with Gasteiger partial charge in [-0.1, -0.05) is 18.2 Å². The van der Waals surface area contributed by atoms with Crippen LogP contribution in [0.1, 0.15) is 19.3 Å². The third-order valence-corrected chi connectivity index (χ3v) is 3.39. The lowest BCUT2D eigenvalue weighted by Crippen LogP contribution is -2.45. The summed E-state index contributed by atoms with van der Waals surface area (Å²) in [5.74, 6) is 0.908. The van der Waals surface area contributed by atoms with Crippen molar-refractivity contribution >= 4 is 0 Å². The standard InChI is InChI=1S/C15H23NO3/c17-15(7-11-18-12-8-15)13-16-9-4-10-19-14-5-2-1-3-6-14/h1-3,5-6,16-17H,4,7-13H2. The van der Waals surface area contributed by atoms with Gasteiger partial charge < -0.3 is 19.9 Å². The number of benzene rings is 1. The van der Waals surface area contributed by atoms with Crippen LogP contribution in [0.5, 0.6) is 5.75 Å². The molecule has 4 heteroatoms. The molecule has 4 nitrogen and oxygen atoms in total. The summed E-state index contributed by atoms with van der Waals surface area (Å²) in [5.41, 5.74) is -0.585. The SMILES string of the molecule is OC1(CNCCCOc2ccccc2)CCOCC1. The maximum atomic E-state index is 10.2. The summed E-state index contributed by atoms with van der Waals surface area (Å²) in [6.07, 6.45) is 2.38. The average Bonchev–Trinajstić information content (AvgIpc) is 2.44.